The average Bonchev–Trinajstić information content (AvgIpc) is 3.20. The molecule has 1 heterocycles. The molecule has 4 heteroatoms. The summed E-state index contributed by atoms with van der Waals surface area (Å²) < 4.78 is 11.0. The molecule has 4 nitrogen and oxygen atoms in total. The van der Waals surface area contributed by atoms with Gasteiger partial charge in [0.25, 0.3) is 0 Å². The Morgan fingerprint density at radius 1 is 1.00 bits per heavy atom. The summed E-state index contributed by atoms with van der Waals surface area (Å²) in [6.07, 6.45) is 1.98. The third-order valence-corrected chi connectivity index (χ3v) is 5.55. The van der Waals surface area contributed by atoms with Crippen LogP contribution in [0.1, 0.15) is 36.5 Å². The van der Waals surface area contributed by atoms with E-state index < -0.39 is 0 Å². The number of rotatable bonds is 7. The van der Waals surface area contributed by atoms with Crippen molar-refractivity contribution in [3.8, 4) is 5.75 Å². The van der Waals surface area contributed by atoms with Crippen LogP contribution < -0.4 is 9.64 Å². The second-order valence-corrected chi connectivity index (χ2v) is 8.01. The molecule has 0 aliphatic heterocycles. The third-order valence-electron chi connectivity index (χ3n) is 5.55. The number of hydrogen-bond donors (Lipinski definition) is 0. The molecular formula is C27H27NO3. The van der Waals surface area contributed by atoms with Gasteiger partial charge < -0.3 is 14.1 Å². The number of carbonyl (C=O) groups excluding carboxylic acids is 1. The Labute approximate surface area is 183 Å². The highest BCUT2D eigenvalue weighted by molar-refractivity contribution is 5.97. The number of benzene rings is 3. The number of hydrogen-bond acceptors (Lipinski definition) is 3. The van der Waals surface area contributed by atoms with Crippen LogP contribution in [-0.4, -0.2) is 13.0 Å². The first-order valence-electron chi connectivity index (χ1n) is 10.5. The van der Waals surface area contributed by atoms with Gasteiger partial charge >= 0.3 is 0 Å². The van der Waals surface area contributed by atoms with Gasteiger partial charge in [-0.1, -0.05) is 50.2 Å². The van der Waals surface area contributed by atoms with Crippen LogP contribution in [0.3, 0.4) is 0 Å². The average molecular weight is 414 g/mol. The fraction of sp³-hybridized carbons (Fsp3) is 0.222. The molecule has 0 saturated carbocycles. The van der Waals surface area contributed by atoms with Gasteiger partial charge in [0.15, 0.2) is 0 Å². The monoisotopic (exact) mass is 413 g/mol. The molecule has 0 saturated heterocycles. The smallest absolute Gasteiger partial charge is 0.231 e. The summed E-state index contributed by atoms with van der Waals surface area (Å²) >= 11 is 0. The summed E-state index contributed by atoms with van der Waals surface area (Å²) in [6, 6.07) is 23.8. The van der Waals surface area contributed by atoms with Gasteiger partial charge in [0.1, 0.15) is 11.3 Å². The van der Waals surface area contributed by atoms with Crippen molar-refractivity contribution >= 4 is 22.6 Å². The second kappa shape index (κ2) is 9.09. The summed E-state index contributed by atoms with van der Waals surface area (Å²) in [5.74, 6) is 1.20. The Morgan fingerprint density at radius 2 is 1.74 bits per heavy atom. The molecule has 0 fully saturated rings. The van der Waals surface area contributed by atoms with E-state index in [9.17, 15) is 4.79 Å². The number of anilines is 1. The molecule has 0 bridgehead atoms. The molecule has 1 amide bonds. The van der Waals surface area contributed by atoms with Crippen LogP contribution in [0.5, 0.6) is 5.75 Å². The molecule has 0 spiro atoms. The maximum Gasteiger partial charge on any atom is 0.231 e. The number of furan rings is 1. The first-order chi connectivity index (χ1) is 15.0. The minimum Gasteiger partial charge on any atom is -0.497 e. The Balaban J connectivity index is 1.65. The van der Waals surface area contributed by atoms with Crippen molar-refractivity contribution in [2.45, 2.75) is 32.7 Å². The molecule has 0 radical (unpaired) electrons. The van der Waals surface area contributed by atoms with Crippen molar-refractivity contribution in [1.82, 2.24) is 0 Å². The van der Waals surface area contributed by atoms with E-state index in [1.807, 2.05) is 65.6 Å². The zero-order chi connectivity index (χ0) is 21.8. The highest BCUT2D eigenvalue weighted by Crippen LogP contribution is 2.28. The van der Waals surface area contributed by atoms with Gasteiger partial charge in [-0.05, 0) is 53.4 Å². The normalized spacial score (nSPS) is 11.1. The fourth-order valence-corrected chi connectivity index (χ4v) is 3.71. The molecule has 31 heavy (non-hydrogen) atoms. The van der Waals surface area contributed by atoms with Crippen LogP contribution in [0.15, 0.2) is 83.5 Å². The van der Waals surface area contributed by atoms with E-state index >= 15 is 0 Å². The second-order valence-electron chi connectivity index (χ2n) is 8.01. The van der Waals surface area contributed by atoms with Crippen LogP contribution in [0.4, 0.5) is 5.69 Å². The molecule has 0 N–H and O–H groups in total. The Kier molecular flexibility index (Phi) is 6.08. The summed E-state index contributed by atoms with van der Waals surface area (Å²) in [7, 11) is 1.64. The van der Waals surface area contributed by atoms with Crippen molar-refractivity contribution in [2.75, 3.05) is 12.0 Å². The van der Waals surface area contributed by atoms with Crippen LogP contribution in [0.25, 0.3) is 11.0 Å². The van der Waals surface area contributed by atoms with Crippen molar-refractivity contribution in [1.29, 1.82) is 0 Å². The minimum absolute atomic E-state index is 0.0201. The number of amides is 1. The molecule has 0 unspecified atom stereocenters. The van der Waals surface area contributed by atoms with Crippen molar-refractivity contribution < 1.29 is 13.9 Å². The van der Waals surface area contributed by atoms with E-state index in [1.54, 1.807) is 13.4 Å². The van der Waals surface area contributed by atoms with E-state index in [4.69, 9.17) is 9.15 Å². The molecular weight excluding hydrogens is 386 g/mol. The summed E-state index contributed by atoms with van der Waals surface area (Å²) in [5, 5.41) is 1.01. The minimum atomic E-state index is 0.0201. The summed E-state index contributed by atoms with van der Waals surface area (Å²) in [6.45, 7) is 4.83. The summed E-state index contributed by atoms with van der Waals surface area (Å²) in [5.41, 5.74) is 4.87. The van der Waals surface area contributed by atoms with E-state index in [1.165, 1.54) is 5.56 Å². The van der Waals surface area contributed by atoms with Gasteiger partial charge in [0, 0.05) is 16.6 Å². The van der Waals surface area contributed by atoms with E-state index in [0.29, 0.717) is 12.5 Å². The Morgan fingerprint density at radius 3 is 2.42 bits per heavy atom. The number of fused-ring (bicyclic) bond motifs is 1. The van der Waals surface area contributed by atoms with Crippen LogP contribution >= 0.6 is 0 Å². The molecule has 0 aliphatic carbocycles. The van der Waals surface area contributed by atoms with Crippen LogP contribution in [0, 0.1) is 0 Å². The maximum atomic E-state index is 13.5. The van der Waals surface area contributed by atoms with Gasteiger partial charge in [-0.25, -0.2) is 0 Å². The fourth-order valence-electron chi connectivity index (χ4n) is 3.71. The van der Waals surface area contributed by atoms with E-state index in [2.05, 4.69) is 26.0 Å². The highest BCUT2D eigenvalue weighted by atomic mass is 16.5. The van der Waals surface area contributed by atoms with E-state index in [0.717, 1.165) is 33.5 Å². The number of carbonyl (C=O) groups is 1. The van der Waals surface area contributed by atoms with Gasteiger partial charge in [-0.3, -0.25) is 4.79 Å². The van der Waals surface area contributed by atoms with Crippen molar-refractivity contribution in [2.24, 2.45) is 0 Å². The third kappa shape index (κ3) is 4.64. The number of methoxy groups -OCH3 is 1. The molecule has 4 aromatic rings. The van der Waals surface area contributed by atoms with Gasteiger partial charge in [-0.15, -0.1) is 0 Å². The standard InChI is InChI=1S/C27H27NO3/c1-19(2)21-9-14-26-25(15-21)22(18-31-26)16-27(29)28(17-20-7-5-4-6-8-20)23-10-12-24(30-3)13-11-23/h4-15,18-19H,16-17H2,1-3H3. The molecule has 3 aromatic carbocycles. The van der Waals surface area contributed by atoms with Gasteiger partial charge in [0.2, 0.25) is 5.91 Å². The summed E-state index contributed by atoms with van der Waals surface area (Å²) in [4.78, 5) is 15.3. The predicted molar refractivity (Wildman–Crippen MR) is 125 cm³/mol. The zero-order valence-electron chi connectivity index (χ0n) is 18.2. The predicted octanol–water partition coefficient (Wildman–Crippen LogP) is 6.34. The number of ether oxygens (including phenoxy) is 1. The SMILES string of the molecule is COc1ccc(N(Cc2ccccc2)C(=O)Cc2coc3ccc(C(C)C)cc23)cc1. The molecule has 158 valence electrons. The lowest BCUT2D eigenvalue weighted by molar-refractivity contribution is -0.118. The number of nitrogens with zero attached hydrogens (tertiary/aromatic N) is 1. The van der Waals surface area contributed by atoms with Crippen LogP contribution in [-0.2, 0) is 17.8 Å². The Hall–Kier alpha value is -3.53. The quantitative estimate of drug-likeness (QED) is 0.355. The maximum absolute atomic E-state index is 13.5. The van der Waals surface area contributed by atoms with Gasteiger partial charge in [-0.2, -0.15) is 0 Å². The lowest BCUT2D eigenvalue weighted by atomic mass is 9.99. The van der Waals surface area contributed by atoms with Crippen molar-refractivity contribution in [3.05, 3.63) is 95.7 Å². The largest absolute Gasteiger partial charge is 0.497 e. The van der Waals surface area contributed by atoms with Crippen LogP contribution in [0.2, 0.25) is 0 Å². The lowest BCUT2D eigenvalue weighted by Crippen LogP contribution is -2.31. The van der Waals surface area contributed by atoms with Gasteiger partial charge in [0.05, 0.1) is 26.3 Å². The Bertz CT molecular complexity index is 1160. The first-order valence-corrected chi connectivity index (χ1v) is 10.5. The topological polar surface area (TPSA) is 42.7 Å². The van der Waals surface area contributed by atoms with E-state index in [-0.39, 0.29) is 12.3 Å². The zero-order valence-corrected chi connectivity index (χ0v) is 18.2. The highest BCUT2D eigenvalue weighted by Gasteiger charge is 2.19. The molecule has 1 aromatic heterocycles. The molecule has 4 rings (SSSR count). The molecule has 0 atom stereocenters. The molecule has 0 aliphatic rings. The first kappa shape index (κ1) is 20.7. The van der Waals surface area contributed by atoms with Crippen molar-refractivity contribution in [3.63, 3.8) is 0 Å². The lowest BCUT2D eigenvalue weighted by Gasteiger charge is -2.23.